The topological polar surface area (TPSA) is 59.8 Å². The summed E-state index contributed by atoms with van der Waals surface area (Å²) in [4.78, 5) is 21.9. The van der Waals surface area contributed by atoms with E-state index in [0.717, 1.165) is 22.3 Å². The van der Waals surface area contributed by atoms with E-state index < -0.39 is 6.04 Å². The van der Waals surface area contributed by atoms with E-state index >= 15 is 0 Å². The summed E-state index contributed by atoms with van der Waals surface area (Å²) in [5, 5.41) is 3.15. The van der Waals surface area contributed by atoms with Crippen LogP contribution in [0.2, 0.25) is 0 Å². The molecule has 0 radical (unpaired) electrons. The van der Waals surface area contributed by atoms with E-state index in [1.54, 1.807) is 12.5 Å². The smallest absolute Gasteiger partial charge is 0.243 e. The van der Waals surface area contributed by atoms with E-state index in [2.05, 4.69) is 15.3 Å². The molecule has 27 heavy (non-hydrogen) atoms. The van der Waals surface area contributed by atoms with Gasteiger partial charge in [-0.2, -0.15) is 0 Å². The maximum absolute atomic E-state index is 13.1. The normalized spacial score (nSPS) is 13.2. The van der Waals surface area contributed by atoms with E-state index in [1.165, 1.54) is 0 Å². The van der Waals surface area contributed by atoms with Crippen molar-refractivity contribution in [2.45, 2.75) is 19.0 Å². The summed E-state index contributed by atoms with van der Waals surface area (Å²) in [6.07, 6.45) is 3.46. The lowest BCUT2D eigenvalue weighted by molar-refractivity contribution is -0.124. The second kappa shape index (κ2) is 7.41. The van der Waals surface area contributed by atoms with Crippen molar-refractivity contribution >= 4 is 16.9 Å². The first-order chi connectivity index (χ1) is 13.2. The van der Waals surface area contributed by atoms with Crippen LogP contribution in [-0.4, -0.2) is 20.4 Å². The van der Waals surface area contributed by atoms with Crippen molar-refractivity contribution in [2.24, 2.45) is 0 Å². The second-order valence-corrected chi connectivity index (χ2v) is 6.42. The Morgan fingerprint density at radius 2 is 1.67 bits per heavy atom. The molecule has 4 aromatic rings. The number of aromatic nitrogens is 3. The Morgan fingerprint density at radius 3 is 2.44 bits per heavy atom. The van der Waals surface area contributed by atoms with Crippen molar-refractivity contribution in [2.75, 3.05) is 0 Å². The molecule has 0 aliphatic carbocycles. The number of pyridine rings is 1. The van der Waals surface area contributed by atoms with Crippen LogP contribution in [0.15, 0.2) is 85.3 Å². The maximum atomic E-state index is 13.1. The maximum Gasteiger partial charge on any atom is 0.243 e. The number of para-hydroxylation sites is 2. The third kappa shape index (κ3) is 3.44. The number of benzene rings is 2. The van der Waals surface area contributed by atoms with E-state index in [4.69, 9.17) is 0 Å². The van der Waals surface area contributed by atoms with Gasteiger partial charge in [-0.1, -0.05) is 48.5 Å². The fourth-order valence-corrected chi connectivity index (χ4v) is 3.20. The molecule has 0 spiro atoms. The van der Waals surface area contributed by atoms with E-state index in [9.17, 15) is 4.79 Å². The van der Waals surface area contributed by atoms with Gasteiger partial charge in [-0.25, -0.2) is 4.98 Å². The number of nitrogens with zero attached hydrogens (tertiary/aromatic N) is 3. The zero-order valence-electron chi connectivity index (χ0n) is 15.0. The molecule has 5 nitrogen and oxygen atoms in total. The van der Waals surface area contributed by atoms with Gasteiger partial charge < -0.3 is 9.88 Å². The van der Waals surface area contributed by atoms with Gasteiger partial charge in [0.1, 0.15) is 6.04 Å². The van der Waals surface area contributed by atoms with Gasteiger partial charge in [0.25, 0.3) is 0 Å². The summed E-state index contributed by atoms with van der Waals surface area (Å²) in [6, 6.07) is 22.7. The summed E-state index contributed by atoms with van der Waals surface area (Å²) in [5.41, 5.74) is 3.61. The highest BCUT2D eigenvalue weighted by Crippen LogP contribution is 2.22. The van der Waals surface area contributed by atoms with Gasteiger partial charge in [-0.15, -0.1) is 0 Å². The molecule has 0 saturated carbocycles. The molecular weight excluding hydrogens is 336 g/mol. The van der Waals surface area contributed by atoms with Crippen molar-refractivity contribution < 1.29 is 4.79 Å². The molecule has 1 amide bonds. The van der Waals surface area contributed by atoms with Crippen molar-refractivity contribution in [1.82, 2.24) is 19.9 Å². The molecule has 2 aromatic carbocycles. The largest absolute Gasteiger partial charge is 0.342 e. The molecule has 5 heteroatoms. The first-order valence-electron chi connectivity index (χ1n) is 8.92. The Morgan fingerprint density at radius 1 is 0.926 bits per heavy atom. The zero-order valence-corrected chi connectivity index (χ0v) is 15.0. The molecule has 0 unspecified atom stereocenters. The van der Waals surface area contributed by atoms with Crippen molar-refractivity contribution in [3.05, 3.63) is 96.6 Å². The standard InChI is InChI=1S/C22H20N4O/c1-16(26-15-24-18-11-5-6-13-20(18)26)22(27)25-21(17-9-3-2-4-10-17)19-12-7-8-14-23-19/h2-16,21H,1H3,(H,25,27)/t16-,21+/m0/s1. The highest BCUT2D eigenvalue weighted by Gasteiger charge is 2.23. The van der Waals surface area contributed by atoms with Crippen LogP contribution in [0.3, 0.4) is 0 Å². The number of hydrogen-bond donors (Lipinski definition) is 1. The lowest BCUT2D eigenvalue weighted by Gasteiger charge is -2.22. The van der Waals surface area contributed by atoms with Crippen LogP contribution in [0.25, 0.3) is 11.0 Å². The Bertz CT molecular complexity index is 1000. The summed E-state index contributed by atoms with van der Waals surface area (Å²) in [6.45, 7) is 1.88. The lowest BCUT2D eigenvalue weighted by Crippen LogP contribution is -2.35. The molecule has 2 atom stereocenters. The van der Waals surface area contributed by atoms with Crippen molar-refractivity contribution in [3.8, 4) is 0 Å². The number of imidazole rings is 1. The monoisotopic (exact) mass is 356 g/mol. The van der Waals surface area contributed by atoms with Crippen LogP contribution in [0.1, 0.15) is 30.3 Å². The van der Waals surface area contributed by atoms with Gasteiger partial charge in [0.05, 0.1) is 29.1 Å². The fourth-order valence-electron chi connectivity index (χ4n) is 3.20. The Balaban J connectivity index is 1.64. The summed E-state index contributed by atoms with van der Waals surface area (Å²) < 4.78 is 1.89. The van der Waals surface area contributed by atoms with Crippen LogP contribution in [0.5, 0.6) is 0 Å². The van der Waals surface area contributed by atoms with Crippen LogP contribution in [0, 0.1) is 0 Å². The number of amides is 1. The molecule has 0 saturated heterocycles. The van der Waals surface area contributed by atoms with Gasteiger partial charge in [-0.3, -0.25) is 9.78 Å². The SMILES string of the molecule is C[C@@H](C(=O)N[C@H](c1ccccc1)c1ccccn1)n1cnc2ccccc21. The fraction of sp³-hybridized carbons (Fsp3) is 0.136. The molecule has 0 fully saturated rings. The number of hydrogen-bond acceptors (Lipinski definition) is 3. The number of carbonyl (C=O) groups excluding carboxylic acids is 1. The van der Waals surface area contributed by atoms with Crippen LogP contribution < -0.4 is 5.32 Å². The molecule has 0 aliphatic rings. The second-order valence-electron chi connectivity index (χ2n) is 6.42. The third-order valence-electron chi connectivity index (χ3n) is 4.68. The number of rotatable bonds is 5. The Labute approximate surface area is 157 Å². The third-order valence-corrected chi connectivity index (χ3v) is 4.68. The lowest BCUT2D eigenvalue weighted by atomic mass is 10.0. The van der Waals surface area contributed by atoms with E-state index in [0.29, 0.717) is 0 Å². The van der Waals surface area contributed by atoms with Crippen molar-refractivity contribution in [1.29, 1.82) is 0 Å². The van der Waals surface area contributed by atoms with E-state index in [-0.39, 0.29) is 11.9 Å². The van der Waals surface area contributed by atoms with Crippen LogP contribution >= 0.6 is 0 Å². The van der Waals surface area contributed by atoms with Gasteiger partial charge in [-0.05, 0) is 36.8 Å². The average Bonchev–Trinajstić information content (AvgIpc) is 3.16. The summed E-state index contributed by atoms with van der Waals surface area (Å²) in [5.74, 6) is -0.0855. The van der Waals surface area contributed by atoms with Crippen LogP contribution in [0.4, 0.5) is 0 Å². The number of nitrogens with one attached hydrogen (secondary N) is 1. The first kappa shape index (κ1) is 17.0. The first-order valence-corrected chi connectivity index (χ1v) is 8.92. The van der Waals surface area contributed by atoms with Gasteiger partial charge in [0, 0.05) is 6.20 Å². The van der Waals surface area contributed by atoms with Crippen molar-refractivity contribution in [3.63, 3.8) is 0 Å². The predicted molar refractivity (Wildman–Crippen MR) is 105 cm³/mol. The number of carbonyl (C=O) groups is 1. The van der Waals surface area contributed by atoms with Gasteiger partial charge in [0.15, 0.2) is 0 Å². The molecule has 2 aromatic heterocycles. The minimum Gasteiger partial charge on any atom is -0.342 e. The minimum absolute atomic E-state index is 0.0855. The summed E-state index contributed by atoms with van der Waals surface area (Å²) in [7, 11) is 0. The Kier molecular flexibility index (Phi) is 4.66. The molecule has 2 heterocycles. The molecule has 0 aliphatic heterocycles. The van der Waals surface area contributed by atoms with E-state index in [1.807, 2.05) is 84.3 Å². The van der Waals surface area contributed by atoms with Gasteiger partial charge in [0.2, 0.25) is 5.91 Å². The average molecular weight is 356 g/mol. The Hall–Kier alpha value is -3.47. The molecule has 134 valence electrons. The molecule has 1 N–H and O–H groups in total. The highest BCUT2D eigenvalue weighted by atomic mass is 16.2. The predicted octanol–water partition coefficient (Wildman–Crippen LogP) is 3.90. The molecule has 0 bridgehead atoms. The van der Waals surface area contributed by atoms with Gasteiger partial charge >= 0.3 is 0 Å². The van der Waals surface area contributed by atoms with Crippen LogP contribution in [-0.2, 0) is 4.79 Å². The minimum atomic E-state index is -0.396. The zero-order chi connectivity index (χ0) is 18.6. The summed E-state index contributed by atoms with van der Waals surface area (Å²) >= 11 is 0. The molecular formula is C22H20N4O. The highest BCUT2D eigenvalue weighted by molar-refractivity contribution is 5.84. The number of fused-ring (bicyclic) bond motifs is 1. The quantitative estimate of drug-likeness (QED) is 0.590. The molecule has 4 rings (SSSR count).